The summed E-state index contributed by atoms with van der Waals surface area (Å²) in [7, 11) is 1.79. The summed E-state index contributed by atoms with van der Waals surface area (Å²) in [5.74, 6) is 0.366. The van der Waals surface area contributed by atoms with Crippen LogP contribution in [0.3, 0.4) is 0 Å². The van der Waals surface area contributed by atoms with Gasteiger partial charge in [0.25, 0.3) is 0 Å². The molecule has 2 N–H and O–H groups in total. The maximum atomic E-state index is 12.0. The Morgan fingerprint density at radius 3 is 2.70 bits per heavy atom. The second kappa shape index (κ2) is 9.45. The standard InChI is InChI=1S/C17H35N3O3/c1-13(11-20(6)16(21)23-17(3,4)5)10-19-14(2)9-15-12-22-8-7-18-15/h13-15,18-19H,7-12H2,1-6H3. The number of nitrogens with one attached hydrogen (secondary N) is 2. The molecule has 1 amide bonds. The lowest BCUT2D eigenvalue weighted by atomic mass is 10.1. The molecule has 3 atom stereocenters. The molecule has 136 valence electrons. The van der Waals surface area contributed by atoms with Crippen LogP contribution in [0.25, 0.3) is 0 Å². The normalized spacial score (nSPS) is 21.6. The van der Waals surface area contributed by atoms with Crippen molar-refractivity contribution in [3.8, 4) is 0 Å². The predicted molar refractivity (Wildman–Crippen MR) is 92.7 cm³/mol. The molecule has 1 rings (SSSR count). The van der Waals surface area contributed by atoms with E-state index < -0.39 is 5.60 Å². The lowest BCUT2D eigenvalue weighted by Crippen LogP contribution is -2.46. The van der Waals surface area contributed by atoms with Gasteiger partial charge in [-0.15, -0.1) is 0 Å². The maximum Gasteiger partial charge on any atom is 0.410 e. The third-order valence-electron chi connectivity index (χ3n) is 3.74. The summed E-state index contributed by atoms with van der Waals surface area (Å²) in [5, 5.41) is 7.02. The second-order valence-electron chi connectivity index (χ2n) is 7.74. The second-order valence-corrected chi connectivity index (χ2v) is 7.74. The smallest absolute Gasteiger partial charge is 0.410 e. The zero-order valence-corrected chi connectivity index (χ0v) is 15.6. The first kappa shape index (κ1) is 20.2. The molecular weight excluding hydrogens is 294 g/mol. The highest BCUT2D eigenvalue weighted by molar-refractivity contribution is 5.67. The number of amides is 1. The molecule has 0 radical (unpaired) electrons. The number of ether oxygens (including phenoxy) is 2. The Bertz CT molecular complexity index is 351. The molecule has 0 bridgehead atoms. The van der Waals surface area contributed by atoms with Crippen molar-refractivity contribution in [3.63, 3.8) is 0 Å². The van der Waals surface area contributed by atoms with E-state index in [0.29, 0.717) is 24.5 Å². The summed E-state index contributed by atoms with van der Waals surface area (Å²) in [4.78, 5) is 13.6. The molecule has 0 aromatic rings. The average Bonchev–Trinajstić information content (AvgIpc) is 2.44. The number of hydrogen-bond acceptors (Lipinski definition) is 5. The van der Waals surface area contributed by atoms with Crippen LogP contribution in [-0.2, 0) is 9.47 Å². The van der Waals surface area contributed by atoms with Crippen molar-refractivity contribution < 1.29 is 14.3 Å². The van der Waals surface area contributed by atoms with Gasteiger partial charge >= 0.3 is 6.09 Å². The van der Waals surface area contributed by atoms with Gasteiger partial charge in [0.2, 0.25) is 0 Å². The van der Waals surface area contributed by atoms with Crippen LogP contribution in [0, 0.1) is 5.92 Å². The average molecular weight is 329 g/mol. The first-order chi connectivity index (χ1) is 10.7. The van der Waals surface area contributed by atoms with Gasteiger partial charge in [-0.25, -0.2) is 4.79 Å². The molecule has 1 saturated heterocycles. The van der Waals surface area contributed by atoms with Crippen LogP contribution < -0.4 is 10.6 Å². The first-order valence-corrected chi connectivity index (χ1v) is 8.66. The van der Waals surface area contributed by atoms with E-state index in [9.17, 15) is 4.79 Å². The van der Waals surface area contributed by atoms with Crippen LogP contribution in [-0.4, -0.2) is 68.6 Å². The summed E-state index contributed by atoms with van der Waals surface area (Å²) >= 11 is 0. The Morgan fingerprint density at radius 1 is 1.43 bits per heavy atom. The fraction of sp³-hybridized carbons (Fsp3) is 0.941. The summed E-state index contributed by atoms with van der Waals surface area (Å²) in [6, 6.07) is 0.856. The SMILES string of the molecule is CC(CNC(C)CC1COCCN1)CN(C)C(=O)OC(C)(C)C. The molecule has 6 heteroatoms. The summed E-state index contributed by atoms with van der Waals surface area (Å²) in [6.07, 6.45) is 0.787. The number of morpholine rings is 1. The van der Waals surface area contributed by atoms with Crippen molar-refractivity contribution in [2.45, 2.75) is 58.7 Å². The monoisotopic (exact) mass is 329 g/mol. The molecule has 0 saturated carbocycles. The molecule has 0 spiro atoms. The molecule has 6 nitrogen and oxygen atoms in total. The number of carbonyl (C=O) groups is 1. The largest absolute Gasteiger partial charge is 0.444 e. The van der Waals surface area contributed by atoms with E-state index in [0.717, 1.165) is 32.7 Å². The fourth-order valence-corrected chi connectivity index (χ4v) is 2.63. The van der Waals surface area contributed by atoms with Gasteiger partial charge in [-0.05, 0) is 46.6 Å². The van der Waals surface area contributed by atoms with Crippen molar-refractivity contribution in [3.05, 3.63) is 0 Å². The van der Waals surface area contributed by atoms with E-state index in [-0.39, 0.29) is 6.09 Å². The van der Waals surface area contributed by atoms with Crippen molar-refractivity contribution in [1.82, 2.24) is 15.5 Å². The van der Waals surface area contributed by atoms with Gasteiger partial charge in [-0.1, -0.05) is 6.92 Å². The van der Waals surface area contributed by atoms with E-state index in [1.807, 2.05) is 20.8 Å². The third kappa shape index (κ3) is 9.13. The fourth-order valence-electron chi connectivity index (χ4n) is 2.63. The molecule has 1 fully saturated rings. The van der Waals surface area contributed by atoms with Gasteiger partial charge in [0.15, 0.2) is 0 Å². The molecule has 0 aliphatic carbocycles. The summed E-state index contributed by atoms with van der Waals surface area (Å²) in [6.45, 7) is 14.1. The van der Waals surface area contributed by atoms with Crippen molar-refractivity contribution in [1.29, 1.82) is 0 Å². The Hall–Kier alpha value is -0.850. The van der Waals surface area contributed by atoms with Crippen molar-refractivity contribution in [2.75, 3.05) is 39.9 Å². The van der Waals surface area contributed by atoms with E-state index in [4.69, 9.17) is 9.47 Å². The van der Waals surface area contributed by atoms with Crippen LogP contribution in [0.1, 0.15) is 41.0 Å². The van der Waals surface area contributed by atoms with Crippen LogP contribution in [0.15, 0.2) is 0 Å². The van der Waals surface area contributed by atoms with Crippen LogP contribution in [0.2, 0.25) is 0 Å². The minimum Gasteiger partial charge on any atom is -0.444 e. The molecular formula is C17H35N3O3. The van der Waals surface area contributed by atoms with Gasteiger partial charge in [-0.2, -0.15) is 0 Å². The summed E-state index contributed by atoms with van der Waals surface area (Å²) < 4.78 is 10.8. The first-order valence-electron chi connectivity index (χ1n) is 8.66. The van der Waals surface area contributed by atoms with E-state index in [2.05, 4.69) is 24.5 Å². The number of hydrogen-bond donors (Lipinski definition) is 2. The minimum atomic E-state index is -0.448. The number of carbonyl (C=O) groups excluding carboxylic acids is 1. The molecule has 3 unspecified atom stereocenters. The molecule has 1 heterocycles. The highest BCUT2D eigenvalue weighted by Crippen LogP contribution is 2.10. The molecule has 0 aromatic carbocycles. The van der Waals surface area contributed by atoms with Crippen LogP contribution >= 0.6 is 0 Å². The highest BCUT2D eigenvalue weighted by atomic mass is 16.6. The number of nitrogens with zero attached hydrogens (tertiary/aromatic N) is 1. The molecule has 1 aliphatic rings. The minimum absolute atomic E-state index is 0.263. The summed E-state index contributed by atoms with van der Waals surface area (Å²) in [5.41, 5.74) is -0.448. The molecule has 0 aromatic heterocycles. The Kier molecular flexibility index (Phi) is 8.29. The van der Waals surface area contributed by atoms with E-state index in [1.54, 1.807) is 11.9 Å². The molecule has 1 aliphatic heterocycles. The van der Waals surface area contributed by atoms with E-state index >= 15 is 0 Å². The maximum absolute atomic E-state index is 12.0. The van der Waals surface area contributed by atoms with Crippen molar-refractivity contribution in [2.24, 2.45) is 5.92 Å². The zero-order chi connectivity index (χ0) is 17.5. The topological polar surface area (TPSA) is 62.8 Å². The van der Waals surface area contributed by atoms with Gasteiger partial charge < -0.3 is 25.0 Å². The lowest BCUT2D eigenvalue weighted by molar-refractivity contribution is 0.0276. The number of rotatable bonds is 7. The third-order valence-corrected chi connectivity index (χ3v) is 3.74. The van der Waals surface area contributed by atoms with Crippen LogP contribution in [0.5, 0.6) is 0 Å². The zero-order valence-electron chi connectivity index (χ0n) is 15.6. The van der Waals surface area contributed by atoms with Crippen LogP contribution in [0.4, 0.5) is 4.79 Å². The predicted octanol–water partition coefficient (Wildman–Crippen LogP) is 1.85. The quantitative estimate of drug-likeness (QED) is 0.746. The lowest BCUT2D eigenvalue weighted by Gasteiger charge is -2.29. The van der Waals surface area contributed by atoms with Crippen molar-refractivity contribution >= 4 is 6.09 Å². The van der Waals surface area contributed by atoms with Gasteiger partial charge in [0, 0.05) is 32.2 Å². The van der Waals surface area contributed by atoms with Gasteiger partial charge in [-0.3, -0.25) is 0 Å². The Labute approximate surface area is 141 Å². The van der Waals surface area contributed by atoms with Gasteiger partial charge in [0.05, 0.1) is 13.2 Å². The van der Waals surface area contributed by atoms with Gasteiger partial charge in [0.1, 0.15) is 5.60 Å². The van der Waals surface area contributed by atoms with E-state index in [1.165, 1.54) is 0 Å². The Morgan fingerprint density at radius 2 is 2.13 bits per heavy atom. The highest BCUT2D eigenvalue weighted by Gasteiger charge is 2.21. The molecule has 23 heavy (non-hydrogen) atoms. The Balaban J connectivity index is 2.21.